The molecule has 1 aromatic heterocycles. The quantitative estimate of drug-likeness (QED) is 0.154. The van der Waals surface area contributed by atoms with Gasteiger partial charge in [0.05, 0.1) is 11.4 Å². The van der Waals surface area contributed by atoms with Crippen molar-refractivity contribution in [3.63, 3.8) is 0 Å². The molecule has 9 aromatic rings. The van der Waals surface area contributed by atoms with E-state index in [9.17, 15) is 0 Å². The molecule has 0 atom stereocenters. The van der Waals surface area contributed by atoms with Gasteiger partial charge < -0.3 is 14.2 Å². The molecule has 0 N–H and O–H groups in total. The molecule has 0 radical (unpaired) electrons. The van der Waals surface area contributed by atoms with Gasteiger partial charge in [-0.1, -0.05) is 148 Å². The maximum absolute atomic E-state index is 7.53. The van der Waals surface area contributed by atoms with Gasteiger partial charge in [-0.3, -0.25) is 0 Å². The van der Waals surface area contributed by atoms with E-state index >= 15 is 0 Å². The Labute approximate surface area is 347 Å². The van der Waals surface area contributed by atoms with Gasteiger partial charge in [-0.15, -0.1) is 0 Å². The summed E-state index contributed by atoms with van der Waals surface area (Å²) in [6.45, 7) is 0. The molecule has 3 heteroatoms. The first kappa shape index (κ1) is 35.8. The zero-order valence-corrected chi connectivity index (χ0v) is 33.7. The SMILES string of the molecule is c1ccc(N(c2ccc(C3CCCCC3)cc2)c2cc3ccccc3c3c2oc2c(N(c4ccccc4)c4ccc(C5CCCCC5)cc4)cc4ccccc4c23)cc1. The molecule has 0 aliphatic heterocycles. The second-order valence-electron chi connectivity index (χ2n) is 16.9. The minimum absolute atomic E-state index is 0.647. The van der Waals surface area contributed by atoms with E-state index in [-0.39, 0.29) is 0 Å². The standard InChI is InChI=1S/C56H50N2O/c1-5-17-39(18-6-1)41-29-33-47(34-30-41)57(45-23-9-3-10-24-45)51-37-43-21-13-15-27-49(43)53-54-50-28-16-14-22-44(50)38-52(56(54)59-55(51)53)58(46-25-11-4-12-26-46)48-35-31-42(32-36-48)40-19-7-2-8-20-40/h3-4,9-16,21-40H,1-2,5-8,17-20H2. The van der Waals surface area contributed by atoms with Gasteiger partial charge in [0.1, 0.15) is 0 Å². The molecule has 8 aromatic carbocycles. The number of hydrogen-bond acceptors (Lipinski definition) is 3. The summed E-state index contributed by atoms with van der Waals surface area (Å²) >= 11 is 0. The monoisotopic (exact) mass is 766 g/mol. The van der Waals surface area contributed by atoms with Crippen LogP contribution in [0.25, 0.3) is 43.5 Å². The van der Waals surface area contributed by atoms with Crippen molar-refractivity contribution in [3.05, 3.63) is 181 Å². The van der Waals surface area contributed by atoms with Crippen molar-refractivity contribution >= 4 is 77.6 Å². The lowest BCUT2D eigenvalue weighted by atomic mass is 9.84. The lowest BCUT2D eigenvalue weighted by molar-refractivity contribution is 0.443. The van der Waals surface area contributed by atoms with Crippen LogP contribution in [0.1, 0.15) is 87.2 Å². The maximum atomic E-state index is 7.53. The molecule has 2 fully saturated rings. The third kappa shape index (κ3) is 6.54. The van der Waals surface area contributed by atoms with Crippen molar-refractivity contribution in [1.82, 2.24) is 0 Å². The van der Waals surface area contributed by atoms with Crippen LogP contribution in [-0.4, -0.2) is 0 Å². The van der Waals surface area contributed by atoms with Crippen LogP contribution in [0.5, 0.6) is 0 Å². The second-order valence-corrected chi connectivity index (χ2v) is 16.9. The van der Waals surface area contributed by atoms with Crippen LogP contribution in [0.15, 0.2) is 174 Å². The van der Waals surface area contributed by atoms with Crippen molar-refractivity contribution in [1.29, 1.82) is 0 Å². The number of hydrogen-bond donors (Lipinski definition) is 0. The highest BCUT2D eigenvalue weighted by Crippen LogP contribution is 2.51. The molecular formula is C56H50N2O. The fraction of sp³-hybridized carbons (Fsp3) is 0.214. The van der Waals surface area contributed by atoms with Gasteiger partial charge in [-0.05, 0) is 131 Å². The highest BCUT2D eigenvalue weighted by atomic mass is 16.3. The molecule has 2 saturated carbocycles. The summed E-state index contributed by atoms with van der Waals surface area (Å²) < 4.78 is 7.53. The summed E-state index contributed by atoms with van der Waals surface area (Å²) in [5.41, 5.74) is 11.2. The third-order valence-electron chi connectivity index (χ3n) is 13.4. The summed E-state index contributed by atoms with van der Waals surface area (Å²) in [4.78, 5) is 4.81. The summed E-state index contributed by atoms with van der Waals surface area (Å²) in [7, 11) is 0. The fourth-order valence-electron chi connectivity index (χ4n) is 10.4. The largest absolute Gasteiger partial charge is 0.452 e. The molecule has 1 heterocycles. The first-order chi connectivity index (χ1) is 29.3. The zero-order chi connectivity index (χ0) is 39.1. The van der Waals surface area contributed by atoms with Crippen LogP contribution in [0, 0.1) is 0 Å². The molecule has 2 aliphatic rings. The Kier molecular flexibility index (Phi) is 9.38. The predicted octanol–water partition coefficient (Wildman–Crippen LogP) is 16.9. The molecule has 2 aliphatic carbocycles. The maximum Gasteiger partial charge on any atom is 0.160 e. The van der Waals surface area contributed by atoms with E-state index in [1.807, 2.05) is 0 Å². The average molecular weight is 767 g/mol. The Morgan fingerprint density at radius 3 is 1.12 bits per heavy atom. The Hall–Kier alpha value is -6.32. The average Bonchev–Trinajstić information content (AvgIpc) is 3.73. The Bertz CT molecular complexity index is 2680. The molecule has 0 unspecified atom stereocenters. The normalized spacial score (nSPS) is 15.3. The van der Waals surface area contributed by atoms with E-state index in [2.05, 4.69) is 180 Å². The minimum Gasteiger partial charge on any atom is -0.452 e. The van der Waals surface area contributed by atoms with Crippen molar-refractivity contribution in [3.8, 4) is 0 Å². The number of benzene rings is 8. The van der Waals surface area contributed by atoms with E-state index < -0.39 is 0 Å². The summed E-state index contributed by atoms with van der Waals surface area (Å²) in [6, 6.07) is 62.8. The fourth-order valence-corrected chi connectivity index (χ4v) is 10.4. The molecule has 11 rings (SSSR count). The van der Waals surface area contributed by atoms with Crippen molar-refractivity contribution in [2.45, 2.75) is 76.0 Å². The van der Waals surface area contributed by atoms with E-state index in [0.29, 0.717) is 11.8 Å². The number of nitrogens with zero attached hydrogens (tertiary/aromatic N) is 2. The smallest absolute Gasteiger partial charge is 0.160 e. The highest BCUT2D eigenvalue weighted by Gasteiger charge is 2.27. The number of furan rings is 1. The van der Waals surface area contributed by atoms with Crippen molar-refractivity contribution in [2.24, 2.45) is 0 Å². The number of rotatable bonds is 8. The molecule has 0 spiro atoms. The third-order valence-corrected chi connectivity index (χ3v) is 13.4. The van der Waals surface area contributed by atoms with Crippen LogP contribution < -0.4 is 9.80 Å². The zero-order valence-electron chi connectivity index (χ0n) is 33.7. The molecular weight excluding hydrogens is 717 g/mol. The van der Waals surface area contributed by atoms with Crippen LogP contribution in [0.2, 0.25) is 0 Å². The van der Waals surface area contributed by atoms with Crippen LogP contribution in [0.3, 0.4) is 0 Å². The Morgan fingerprint density at radius 2 is 0.712 bits per heavy atom. The van der Waals surface area contributed by atoms with Gasteiger partial charge >= 0.3 is 0 Å². The first-order valence-corrected chi connectivity index (χ1v) is 22.0. The van der Waals surface area contributed by atoms with Gasteiger partial charge in [0, 0.05) is 33.5 Å². The Morgan fingerprint density at radius 1 is 0.356 bits per heavy atom. The van der Waals surface area contributed by atoms with Crippen molar-refractivity contribution < 1.29 is 4.42 Å². The van der Waals surface area contributed by atoms with E-state index in [0.717, 1.165) is 56.1 Å². The van der Waals surface area contributed by atoms with E-state index in [1.54, 1.807) is 0 Å². The number of para-hydroxylation sites is 2. The first-order valence-electron chi connectivity index (χ1n) is 22.0. The predicted molar refractivity (Wildman–Crippen MR) is 250 cm³/mol. The minimum atomic E-state index is 0.647. The molecule has 0 bridgehead atoms. The summed E-state index contributed by atoms with van der Waals surface area (Å²) in [5, 5.41) is 7.04. The van der Waals surface area contributed by atoms with Crippen molar-refractivity contribution in [2.75, 3.05) is 9.80 Å². The number of anilines is 6. The number of fused-ring (bicyclic) bond motifs is 7. The highest BCUT2D eigenvalue weighted by molar-refractivity contribution is 6.31. The molecule has 59 heavy (non-hydrogen) atoms. The van der Waals surface area contributed by atoms with E-state index in [1.165, 1.54) is 96.9 Å². The molecule has 0 amide bonds. The second kappa shape index (κ2) is 15.5. The van der Waals surface area contributed by atoms with Crippen LogP contribution in [0.4, 0.5) is 34.1 Å². The van der Waals surface area contributed by atoms with E-state index in [4.69, 9.17) is 4.42 Å². The van der Waals surface area contributed by atoms with Crippen LogP contribution >= 0.6 is 0 Å². The summed E-state index contributed by atoms with van der Waals surface area (Å²) in [6.07, 6.45) is 13.2. The van der Waals surface area contributed by atoms with Crippen LogP contribution in [-0.2, 0) is 0 Å². The lowest BCUT2D eigenvalue weighted by Gasteiger charge is -2.27. The molecule has 3 nitrogen and oxygen atoms in total. The van der Waals surface area contributed by atoms with Gasteiger partial charge in [0.25, 0.3) is 0 Å². The molecule has 290 valence electrons. The lowest BCUT2D eigenvalue weighted by Crippen LogP contribution is -2.11. The summed E-state index contributed by atoms with van der Waals surface area (Å²) in [5.74, 6) is 1.29. The van der Waals surface area contributed by atoms with Gasteiger partial charge in [0.2, 0.25) is 0 Å². The van der Waals surface area contributed by atoms with Gasteiger partial charge in [-0.2, -0.15) is 0 Å². The van der Waals surface area contributed by atoms with Gasteiger partial charge in [0.15, 0.2) is 11.2 Å². The molecule has 0 saturated heterocycles. The Balaban J connectivity index is 1.17. The van der Waals surface area contributed by atoms with Gasteiger partial charge in [-0.25, -0.2) is 0 Å². The topological polar surface area (TPSA) is 19.6 Å².